The second kappa shape index (κ2) is 8.48. The number of aromatic carboxylic acids is 1. The fourth-order valence-corrected chi connectivity index (χ4v) is 4.33. The highest BCUT2D eigenvalue weighted by Crippen LogP contribution is 2.44. The van der Waals surface area contributed by atoms with Gasteiger partial charge >= 0.3 is 12.1 Å². The van der Waals surface area contributed by atoms with Crippen LogP contribution >= 0.6 is 23.2 Å². The Morgan fingerprint density at radius 3 is 2.22 bits per heavy atom. The minimum Gasteiger partial charge on any atom is -0.478 e. The van der Waals surface area contributed by atoms with Crippen LogP contribution in [0.25, 0.3) is 11.1 Å². The van der Waals surface area contributed by atoms with E-state index in [1.165, 1.54) is 36.4 Å². The normalized spacial score (nSPS) is 18.2. The third-order valence-corrected chi connectivity index (χ3v) is 5.50. The van der Waals surface area contributed by atoms with E-state index in [0.717, 1.165) is 0 Å². The van der Waals surface area contributed by atoms with Gasteiger partial charge in [-0.05, 0) is 35.4 Å². The van der Waals surface area contributed by atoms with Crippen molar-refractivity contribution < 1.29 is 27.9 Å². The summed E-state index contributed by atoms with van der Waals surface area (Å²) in [7, 11) is 0. The molecule has 0 spiro atoms. The van der Waals surface area contributed by atoms with Gasteiger partial charge in [-0.1, -0.05) is 70.8 Å². The van der Waals surface area contributed by atoms with Gasteiger partial charge in [0.2, 0.25) is 6.10 Å². The van der Waals surface area contributed by atoms with Gasteiger partial charge in [0.1, 0.15) is 0 Å². The predicted octanol–water partition coefficient (Wildman–Crippen LogP) is 6.81. The number of halogens is 5. The Bertz CT molecular complexity index is 1190. The molecule has 0 amide bonds. The van der Waals surface area contributed by atoms with E-state index in [1.54, 1.807) is 30.3 Å². The lowest BCUT2D eigenvalue weighted by atomic mass is 9.82. The first-order valence-electron chi connectivity index (χ1n) is 9.35. The van der Waals surface area contributed by atoms with E-state index >= 15 is 0 Å². The average Bonchev–Trinajstić information content (AvgIpc) is 3.19. The third-order valence-electron chi connectivity index (χ3n) is 5.06. The quantitative estimate of drug-likeness (QED) is 0.447. The van der Waals surface area contributed by atoms with Crippen molar-refractivity contribution in [3.63, 3.8) is 0 Å². The van der Waals surface area contributed by atoms with Gasteiger partial charge in [0.15, 0.2) is 0 Å². The van der Waals surface area contributed by atoms with Crippen LogP contribution in [0.4, 0.5) is 13.2 Å². The molecular weight excluding hydrogens is 466 g/mol. The Balaban J connectivity index is 1.96. The molecule has 32 heavy (non-hydrogen) atoms. The zero-order valence-corrected chi connectivity index (χ0v) is 17.6. The van der Waals surface area contributed by atoms with Gasteiger partial charge in [0, 0.05) is 21.2 Å². The van der Waals surface area contributed by atoms with Crippen molar-refractivity contribution in [3.8, 4) is 11.1 Å². The van der Waals surface area contributed by atoms with Gasteiger partial charge in [-0.15, -0.1) is 0 Å². The molecule has 0 radical (unpaired) electrons. The van der Waals surface area contributed by atoms with Crippen molar-refractivity contribution in [1.29, 1.82) is 0 Å². The van der Waals surface area contributed by atoms with Crippen molar-refractivity contribution in [2.24, 2.45) is 5.16 Å². The Morgan fingerprint density at radius 1 is 0.969 bits per heavy atom. The predicted molar refractivity (Wildman–Crippen MR) is 116 cm³/mol. The molecule has 1 N–H and O–H groups in total. The largest absolute Gasteiger partial charge is 0.478 e. The molecule has 0 aromatic heterocycles. The molecule has 1 aliphatic rings. The SMILES string of the molecule is O=C(O)c1cccc(C2=NOC(C(F)(F)F)C2c2cc(Cl)cc(Cl)c2)c1-c1ccccc1. The topological polar surface area (TPSA) is 58.9 Å². The fraction of sp³-hybridized carbons (Fsp3) is 0.130. The highest BCUT2D eigenvalue weighted by molar-refractivity contribution is 6.34. The molecule has 0 bridgehead atoms. The highest BCUT2D eigenvalue weighted by atomic mass is 35.5. The van der Waals surface area contributed by atoms with E-state index in [0.29, 0.717) is 5.56 Å². The number of oxime groups is 1. The molecule has 0 aliphatic carbocycles. The first kappa shape index (κ1) is 22.2. The second-order valence-corrected chi connectivity index (χ2v) is 8.00. The van der Waals surface area contributed by atoms with Crippen molar-refractivity contribution in [2.75, 3.05) is 0 Å². The maximum Gasteiger partial charge on any atom is 0.429 e. The summed E-state index contributed by atoms with van der Waals surface area (Å²) >= 11 is 12.1. The van der Waals surface area contributed by atoms with Gasteiger partial charge in [-0.3, -0.25) is 0 Å². The smallest absolute Gasteiger partial charge is 0.429 e. The van der Waals surface area contributed by atoms with Crippen LogP contribution in [-0.4, -0.2) is 29.1 Å². The maximum atomic E-state index is 13.9. The van der Waals surface area contributed by atoms with Crippen molar-refractivity contribution >= 4 is 34.9 Å². The van der Waals surface area contributed by atoms with Crippen molar-refractivity contribution in [3.05, 3.63) is 93.5 Å². The van der Waals surface area contributed by atoms with Crippen LogP contribution in [0.2, 0.25) is 10.0 Å². The number of carboxylic acids is 1. The van der Waals surface area contributed by atoms with Crippen LogP contribution in [0.5, 0.6) is 0 Å². The summed E-state index contributed by atoms with van der Waals surface area (Å²) in [5.41, 5.74) is 0.984. The van der Waals surface area contributed by atoms with E-state index < -0.39 is 24.2 Å². The summed E-state index contributed by atoms with van der Waals surface area (Å²) in [4.78, 5) is 16.8. The van der Waals surface area contributed by atoms with Crippen molar-refractivity contribution in [2.45, 2.75) is 18.2 Å². The summed E-state index contributed by atoms with van der Waals surface area (Å²) in [5.74, 6) is -2.63. The van der Waals surface area contributed by atoms with Crippen LogP contribution in [0.1, 0.15) is 27.4 Å². The lowest BCUT2D eigenvalue weighted by Crippen LogP contribution is -2.36. The van der Waals surface area contributed by atoms with Gasteiger partial charge < -0.3 is 9.94 Å². The first-order chi connectivity index (χ1) is 15.2. The van der Waals surface area contributed by atoms with Gasteiger partial charge in [-0.2, -0.15) is 13.2 Å². The molecule has 2 unspecified atom stereocenters. The monoisotopic (exact) mass is 479 g/mol. The molecular formula is C23H14Cl2F3NO3. The Kier molecular flexibility index (Phi) is 5.88. The minimum absolute atomic E-state index is 0.0624. The Morgan fingerprint density at radius 2 is 1.62 bits per heavy atom. The number of carbonyl (C=O) groups is 1. The van der Waals surface area contributed by atoms with E-state index in [-0.39, 0.29) is 38.0 Å². The standard InChI is InChI=1S/C23H14Cl2F3NO3/c24-14-9-13(10-15(25)11-14)19-20(29-32-21(19)23(26,27)28)16-7-4-8-17(22(30)31)18(16)12-5-2-1-3-6-12/h1-11,19,21H,(H,30,31). The van der Waals surface area contributed by atoms with Crippen molar-refractivity contribution in [1.82, 2.24) is 0 Å². The molecule has 4 nitrogen and oxygen atoms in total. The van der Waals surface area contributed by atoms with Crippen LogP contribution < -0.4 is 0 Å². The maximum absolute atomic E-state index is 13.9. The average molecular weight is 480 g/mol. The first-order valence-corrected chi connectivity index (χ1v) is 10.1. The molecule has 164 valence electrons. The zero-order valence-electron chi connectivity index (χ0n) is 16.1. The van der Waals surface area contributed by atoms with Gasteiger partial charge in [-0.25, -0.2) is 4.79 Å². The number of benzene rings is 3. The molecule has 4 rings (SSSR count). The number of alkyl halides is 3. The summed E-state index contributed by atoms with van der Waals surface area (Å²) in [6.07, 6.45) is -7.04. The molecule has 3 aromatic carbocycles. The number of hydrogen-bond donors (Lipinski definition) is 1. The summed E-state index contributed by atoms with van der Waals surface area (Å²) < 4.78 is 41.6. The van der Waals surface area contributed by atoms with Crippen LogP contribution in [0, 0.1) is 0 Å². The minimum atomic E-state index is -4.75. The lowest BCUT2D eigenvalue weighted by Gasteiger charge is -2.23. The van der Waals surface area contributed by atoms with E-state index in [9.17, 15) is 23.1 Å². The molecule has 0 saturated heterocycles. The lowest BCUT2D eigenvalue weighted by molar-refractivity contribution is -0.216. The Labute approximate surface area is 190 Å². The van der Waals surface area contributed by atoms with E-state index in [2.05, 4.69) is 5.16 Å². The van der Waals surface area contributed by atoms with Crippen LogP contribution in [0.3, 0.4) is 0 Å². The second-order valence-electron chi connectivity index (χ2n) is 7.12. The van der Waals surface area contributed by atoms with Crippen LogP contribution in [0.15, 0.2) is 71.9 Å². The zero-order chi connectivity index (χ0) is 23.0. The van der Waals surface area contributed by atoms with Gasteiger partial charge in [0.25, 0.3) is 0 Å². The summed E-state index contributed by atoms with van der Waals surface area (Å²) in [6.45, 7) is 0. The van der Waals surface area contributed by atoms with Crippen LogP contribution in [-0.2, 0) is 4.84 Å². The fourth-order valence-electron chi connectivity index (χ4n) is 3.79. The summed E-state index contributed by atoms with van der Waals surface area (Å²) in [6, 6.07) is 17.0. The number of rotatable bonds is 4. The molecule has 1 aliphatic heterocycles. The molecule has 0 saturated carbocycles. The summed E-state index contributed by atoms with van der Waals surface area (Å²) in [5, 5.41) is 13.8. The van der Waals surface area contributed by atoms with E-state index in [1.807, 2.05) is 0 Å². The molecule has 2 atom stereocenters. The molecule has 3 aromatic rings. The molecule has 1 heterocycles. The molecule has 9 heteroatoms. The molecule has 0 fully saturated rings. The number of nitrogens with zero attached hydrogens (tertiary/aromatic N) is 1. The number of hydrogen-bond acceptors (Lipinski definition) is 3. The van der Waals surface area contributed by atoms with Gasteiger partial charge in [0.05, 0.1) is 17.2 Å². The number of carboxylic acid groups (broad SMARTS) is 1. The highest BCUT2D eigenvalue weighted by Gasteiger charge is 2.53. The van der Waals surface area contributed by atoms with E-state index in [4.69, 9.17) is 28.0 Å². The Hall–Kier alpha value is -3.03. The third kappa shape index (κ3) is 4.18.